The van der Waals surface area contributed by atoms with Crippen LogP contribution in [0, 0.1) is 0 Å². The molecular formula is C96H59BN4OS. The lowest BCUT2D eigenvalue weighted by Gasteiger charge is -2.42. The third-order valence-electron chi connectivity index (χ3n) is 20.2. The van der Waals surface area contributed by atoms with E-state index in [-0.39, 0.29) is 154 Å². The van der Waals surface area contributed by atoms with Crippen LogP contribution in [0.1, 0.15) is 28.8 Å². The molecule has 0 saturated carbocycles. The second kappa shape index (κ2) is 22.7. The van der Waals surface area contributed by atoms with E-state index in [0.29, 0.717) is 87.5 Å². The van der Waals surface area contributed by atoms with Gasteiger partial charge in [0.05, 0.1) is 67.6 Å². The van der Waals surface area contributed by atoms with E-state index in [1.54, 1.807) is 112 Å². The standard InChI is InChI=1S/C96H59BN4OS/c1-6-23-60(24-7-1)65-41-48-85-76(53-65)73-33-16-19-38-82(73)98(85)68-45-51-90-79(56-68)93-91(102-90)52-47-81-96(93)103-92-59-70(100-84-40-21-18-35-75(84)78-55-67(43-50-87(78)100)62-27-10-3-11-28-62)58-89-94(92)97(81)80-46-44-69(99-83-39-20-17-34-74(83)77-54-66(42-49-86(77)99)61-25-8-2-9-26-61)57-88(80)101(89)95-71(63-29-12-4-13-30-63)36-22-37-72(95)64-31-14-5-15-32-64/h1-59H/i16D,17D,18D,19D,20D,21D,33D,34D,35D,38D,39D,40D,41D,42D,43D,48D,49D,50D,53D,54D,55D. The van der Waals surface area contributed by atoms with Crippen LogP contribution < -0.4 is 21.3 Å². The number of rotatable bonds is 9. The van der Waals surface area contributed by atoms with E-state index >= 15 is 0 Å². The molecule has 478 valence electrons. The fraction of sp³-hybridized carbons (Fsp3) is 0. The Morgan fingerprint density at radius 3 is 1.23 bits per heavy atom. The van der Waals surface area contributed by atoms with Crippen LogP contribution in [0.4, 0.5) is 17.1 Å². The smallest absolute Gasteiger partial charge is 0.249 e. The molecule has 0 spiro atoms. The summed E-state index contributed by atoms with van der Waals surface area (Å²) >= 11 is 1.36. The summed E-state index contributed by atoms with van der Waals surface area (Å²) in [6.07, 6.45) is 0. The van der Waals surface area contributed by atoms with E-state index in [2.05, 4.69) is 4.90 Å². The van der Waals surface area contributed by atoms with E-state index in [1.807, 2.05) is 127 Å². The SMILES string of the molecule is [2H]c1c([2H])c([2H])c2c(c1[2H])c1c([2H])c(-c3ccccc3)c([2H])c([2H])c1n2-c1ccc2c(c1)N(c1c(-c3ccccc3)cccc1-c1ccccc1)c1cc(-n3c4c([2H])c([2H])c([2H])c([2H])c4c4c([2H])c(-c5ccccc5)c([2H])c([2H])c43)cc3c1B2c1ccc2oc4ccc(-n5c6c([2H])c([2H])c([2H])c([2H])c6c6c([2H])c(-c7ccccc7)c([2H])c([2H])c65)cc4c2c1S3. The Labute approximate surface area is 628 Å². The van der Waals surface area contributed by atoms with Crippen LogP contribution in [0.25, 0.3) is 160 Å². The second-order valence-corrected chi connectivity index (χ2v) is 26.8. The average Bonchev–Trinajstić information content (AvgIpc) is 1.61. The molecule has 16 aromatic carbocycles. The van der Waals surface area contributed by atoms with Crippen molar-refractivity contribution >= 4 is 139 Å². The van der Waals surface area contributed by atoms with Crippen LogP contribution in [-0.2, 0) is 0 Å². The van der Waals surface area contributed by atoms with Gasteiger partial charge in [-0.05, 0) is 158 Å². The zero-order valence-corrected chi connectivity index (χ0v) is 54.9. The first-order valence-electron chi connectivity index (χ1n) is 44.2. The van der Waals surface area contributed by atoms with Crippen molar-refractivity contribution in [3.63, 3.8) is 0 Å². The van der Waals surface area contributed by atoms with Crippen LogP contribution in [0.3, 0.4) is 0 Å². The Morgan fingerprint density at radius 1 is 0.311 bits per heavy atom. The molecule has 0 radical (unpaired) electrons. The van der Waals surface area contributed by atoms with Crippen LogP contribution in [-0.4, -0.2) is 20.4 Å². The van der Waals surface area contributed by atoms with E-state index in [9.17, 15) is 26.0 Å². The van der Waals surface area contributed by atoms with E-state index in [4.69, 9.17) is 7.16 Å². The molecule has 4 aromatic heterocycles. The van der Waals surface area contributed by atoms with E-state index < -0.39 is 79.2 Å². The molecular weight excluding hydrogens is 1270 g/mol. The molecule has 6 heterocycles. The van der Waals surface area contributed by atoms with Gasteiger partial charge in [0.1, 0.15) is 11.2 Å². The maximum absolute atomic E-state index is 10.4. The maximum Gasteiger partial charge on any atom is 0.249 e. The Balaban J connectivity index is 0.903. The zero-order valence-electron chi connectivity index (χ0n) is 75.1. The summed E-state index contributed by atoms with van der Waals surface area (Å²) in [5.74, 6) is 0. The van der Waals surface area contributed by atoms with E-state index in [0.717, 1.165) is 16.6 Å². The monoisotopic (exact) mass is 1350 g/mol. The summed E-state index contributed by atoms with van der Waals surface area (Å²) in [6.45, 7) is -0.841. The predicted octanol–water partition coefficient (Wildman–Crippen LogP) is 24.0. The normalized spacial score (nSPS) is 15.4. The van der Waals surface area contributed by atoms with Gasteiger partial charge in [-0.15, -0.1) is 0 Å². The first-order chi connectivity index (χ1) is 59.9. The van der Waals surface area contributed by atoms with Gasteiger partial charge in [0.15, 0.2) is 0 Å². The summed E-state index contributed by atoms with van der Waals surface area (Å²) in [4.78, 5) is 3.31. The molecule has 20 aromatic rings. The molecule has 0 N–H and O–H groups in total. The molecule has 0 amide bonds. The number of benzene rings is 16. The van der Waals surface area contributed by atoms with Gasteiger partial charge >= 0.3 is 0 Å². The Kier molecular flexibility index (Phi) is 9.02. The predicted molar refractivity (Wildman–Crippen MR) is 434 cm³/mol. The van der Waals surface area contributed by atoms with Gasteiger partial charge in [0.25, 0.3) is 0 Å². The highest BCUT2D eigenvalue weighted by Gasteiger charge is 2.44. The number of fused-ring (bicyclic) bond motifs is 17. The minimum absolute atomic E-state index is 0.00393. The van der Waals surface area contributed by atoms with Crippen LogP contribution in [0.2, 0.25) is 0 Å². The summed E-state index contributed by atoms with van der Waals surface area (Å²) in [6, 6.07) is 61.2. The number of hydrogen-bond acceptors (Lipinski definition) is 3. The van der Waals surface area contributed by atoms with Crippen molar-refractivity contribution in [1.82, 2.24) is 13.7 Å². The van der Waals surface area contributed by atoms with Crippen molar-refractivity contribution in [1.29, 1.82) is 0 Å². The van der Waals surface area contributed by atoms with Gasteiger partial charge in [-0.1, -0.05) is 272 Å². The first-order valence-corrected chi connectivity index (χ1v) is 34.5. The highest BCUT2D eigenvalue weighted by atomic mass is 32.2. The van der Waals surface area contributed by atoms with Crippen molar-refractivity contribution in [2.24, 2.45) is 0 Å². The number of furan rings is 1. The van der Waals surface area contributed by atoms with Crippen molar-refractivity contribution in [2.45, 2.75) is 9.79 Å². The number of nitrogens with zero attached hydrogens (tertiary/aromatic N) is 4. The topological polar surface area (TPSA) is 31.2 Å². The third kappa shape index (κ3) is 8.83. The summed E-state index contributed by atoms with van der Waals surface area (Å²) < 4.78 is 217. The Hall–Kier alpha value is -13.1. The van der Waals surface area contributed by atoms with Gasteiger partial charge < -0.3 is 23.0 Å². The van der Waals surface area contributed by atoms with Crippen molar-refractivity contribution in [3.8, 4) is 72.7 Å². The summed E-state index contributed by atoms with van der Waals surface area (Å²) in [5, 5.41) is 0.954. The Morgan fingerprint density at radius 2 is 0.728 bits per heavy atom. The lowest BCUT2D eigenvalue weighted by molar-refractivity contribution is 0.668. The number of para-hydroxylation sites is 4. The first kappa shape index (κ1) is 40.9. The number of hydrogen-bond donors (Lipinski definition) is 0. The summed E-state index contributed by atoms with van der Waals surface area (Å²) in [7, 11) is 0. The number of anilines is 3. The lowest BCUT2D eigenvalue weighted by atomic mass is 9.34. The van der Waals surface area contributed by atoms with Gasteiger partial charge in [0, 0.05) is 92.4 Å². The molecule has 0 aliphatic carbocycles. The van der Waals surface area contributed by atoms with Gasteiger partial charge in [-0.25, -0.2) is 0 Å². The van der Waals surface area contributed by atoms with Gasteiger partial charge in [-0.3, -0.25) is 0 Å². The van der Waals surface area contributed by atoms with Crippen LogP contribution >= 0.6 is 11.8 Å². The number of aromatic nitrogens is 3. The molecule has 0 saturated heterocycles. The Bertz CT molecular complexity index is 8170. The molecule has 0 unspecified atom stereocenters. The zero-order chi connectivity index (χ0) is 85.7. The fourth-order valence-corrected chi connectivity index (χ4v) is 17.1. The summed E-state index contributed by atoms with van der Waals surface area (Å²) in [5.41, 5.74) is 9.42. The molecule has 5 nitrogen and oxygen atoms in total. The minimum atomic E-state index is -0.841. The quantitative estimate of drug-likeness (QED) is 0.135. The highest BCUT2D eigenvalue weighted by molar-refractivity contribution is 8.00. The third-order valence-corrected chi connectivity index (χ3v) is 21.4. The molecule has 7 heteroatoms. The largest absolute Gasteiger partial charge is 0.456 e. The lowest BCUT2D eigenvalue weighted by Crippen LogP contribution is -2.60. The molecule has 2 aliphatic heterocycles. The molecule has 0 bridgehead atoms. The second-order valence-electron chi connectivity index (χ2n) is 25.8. The van der Waals surface area contributed by atoms with Crippen molar-refractivity contribution in [2.75, 3.05) is 4.90 Å². The van der Waals surface area contributed by atoms with Gasteiger partial charge in [-0.2, -0.15) is 0 Å². The molecule has 0 atom stereocenters. The molecule has 103 heavy (non-hydrogen) atoms. The minimum Gasteiger partial charge on any atom is -0.456 e. The molecule has 2 aliphatic rings. The van der Waals surface area contributed by atoms with Crippen LogP contribution in [0.15, 0.2) is 372 Å². The molecule has 0 fully saturated rings. The maximum atomic E-state index is 10.4. The highest BCUT2D eigenvalue weighted by Crippen LogP contribution is 2.53. The van der Waals surface area contributed by atoms with Crippen molar-refractivity contribution < 1.29 is 33.2 Å². The van der Waals surface area contributed by atoms with Crippen LogP contribution in [0.5, 0.6) is 0 Å². The van der Waals surface area contributed by atoms with E-state index in [1.165, 1.54) is 16.3 Å². The van der Waals surface area contributed by atoms with Crippen molar-refractivity contribution in [3.05, 3.63) is 357 Å². The molecule has 22 rings (SSSR count). The average molecular weight is 1350 g/mol. The van der Waals surface area contributed by atoms with Gasteiger partial charge in [0.2, 0.25) is 6.71 Å². The fourth-order valence-electron chi connectivity index (χ4n) is 15.7.